The molecule has 0 spiro atoms. The highest BCUT2D eigenvalue weighted by Crippen LogP contribution is 2.45. The van der Waals surface area contributed by atoms with Crippen molar-refractivity contribution >= 4 is 95.0 Å². The summed E-state index contributed by atoms with van der Waals surface area (Å²) in [7, 11) is 6.07. The lowest BCUT2D eigenvalue weighted by Crippen LogP contribution is -2.35. The maximum atomic E-state index is 13.6. The highest BCUT2D eigenvalue weighted by molar-refractivity contribution is 6.07. The molecule has 0 saturated carbocycles. The SMILES string of the molecule is C/C=C1\C[C@H]2C=Nc3cc(OCc4cc(COc5cc6c(cc5OC)C(=O)N5C/C(=C/C)C[C@H]5C=N6)cc(OCCCC(=O)O)c4)c(OC)cc3C(=O)N2C1.C/C=C1\C[C@H]2C=Nc3cc(OCc4cc(COc5cc6c(cc5OC)C(=O)N5C/C(=C/C)C[C@H]5C=N6)cc(OCCCC(=O)ON5C(=O)CCC5=O)c4)c(OC)cc3C(=O)N2C1. The molecule has 6 aromatic rings. The molecule has 0 aromatic heterocycles. The van der Waals surface area contributed by atoms with Crippen LogP contribution in [0.1, 0.15) is 156 Å². The molecule has 608 valence electrons. The summed E-state index contributed by atoms with van der Waals surface area (Å²) in [5.41, 5.74) is 11.4. The molecule has 117 heavy (non-hydrogen) atoms. The van der Waals surface area contributed by atoms with E-state index in [-0.39, 0.29) is 120 Å². The van der Waals surface area contributed by atoms with E-state index in [0.29, 0.717) is 151 Å². The summed E-state index contributed by atoms with van der Waals surface area (Å²) in [6.45, 7) is 10.8. The number of hydrogen-bond donors (Lipinski definition) is 1. The van der Waals surface area contributed by atoms with Gasteiger partial charge in [-0.15, -0.1) is 5.06 Å². The minimum absolute atomic E-state index is 0.00896. The fourth-order valence-electron chi connectivity index (χ4n) is 15.3. The van der Waals surface area contributed by atoms with Gasteiger partial charge in [0.05, 0.1) is 117 Å². The largest absolute Gasteiger partial charge is 0.494 e. The number of amides is 6. The second-order valence-corrected chi connectivity index (χ2v) is 29.3. The van der Waals surface area contributed by atoms with Crippen molar-refractivity contribution in [3.05, 3.63) is 176 Å². The zero-order chi connectivity index (χ0) is 82.1. The third kappa shape index (κ3) is 17.9. The molecule has 0 radical (unpaired) electrons. The molecule has 29 heteroatoms. The van der Waals surface area contributed by atoms with Gasteiger partial charge in [-0.25, -0.2) is 4.79 Å². The average molecular weight is 1590 g/mol. The Morgan fingerprint density at radius 2 is 0.667 bits per heavy atom. The second-order valence-electron chi connectivity index (χ2n) is 29.3. The van der Waals surface area contributed by atoms with E-state index >= 15 is 0 Å². The highest BCUT2D eigenvalue weighted by Gasteiger charge is 2.40. The van der Waals surface area contributed by atoms with Gasteiger partial charge in [-0.1, -0.05) is 46.6 Å². The van der Waals surface area contributed by atoms with Crippen molar-refractivity contribution in [2.45, 2.75) is 142 Å². The Kier molecular flexibility index (Phi) is 24.6. The Bertz CT molecular complexity index is 4940. The van der Waals surface area contributed by atoms with Gasteiger partial charge in [0, 0.05) is 94.6 Å². The van der Waals surface area contributed by atoms with Gasteiger partial charge >= 0.3 is 11.9 Å². The van der Waals surface area contributed by atoms with Crippen LogP contribution in [0.25, 0.3) is 0 Å². The van der Waals surface area contributed by atoms with E-state index in [1.807, 2.05) is 108 Å². The zero-order valence-corrected chi connectivity index (χ0v) is 66.4. The number of carboxylic acids is 1. The molecular weight excluding hydrogens is 1500 g/mol. The van der Waals surface area contributed by atoms with E-state index in [4.69, 9.17) is 57.3 Å². The number of fused-ring (bicyclic) bond motifs is 8. The Hall–Kier alpha value is -13.1. The summed E-state index contributed by atoms with van der Waals surface area (Å²) in [6.07, 6.45) is 18.9. The predicted molar refractivity (Wildman–Crippen MR) is 432 cm³/mol. The van der Waals surface area contributed by atoms with Crippen molar-refractivity contribution in [2.75, 3.05) is 67.8 Å². The lowest BCUT2D eigenvalue weighted by atomic mass is 10.1. The number of carbonyl (C=O) groups is 8. The first-order chi connectivity index (χ1) is 56.7. The summed E-state index contributed by atoms with van der Waals surface area (Å²) >= 11 is 0. The van der Waals surface area contributed by atoms with Crippen LogP contribution in [-0.4, -0.2) is 194 Å². The van der Waals surface area contributed by atoms with Gasteiger partial charge in [0.15, 0.2) is 46.0 Å². The van der Waals surface area contributed by atoms with Crippen LogP contribution in [0, 0.1) is 0 Å². The summed E-state index contributed by atoms with van der Waals surface area (Å²) in [5, 5.41) is 9.63. The number of hydrogen-bond acceptors (Lipinski definition) is 23. The highest BCUT2D eigenvalue weighted by atomic mass is 16.7. The number of aliphatic carboxylic acids is 1. The van der Waals surface area contributed by atoms with Crippen LogP contribution in [-0.2, 0) is 50.4 Å². The van der Waals surface area contributed by atoms with E-state index in [2.05, 4.69) is 20.0 Å². The number of aliphatic imine (C=N–C) groups is 4. The summed E-state index contributed by atoms with van der Waals surface area (Å²) in [4.78, 5) is 133. The van der Waals surface area contributed by atoms with Gasteiger partial charge in [0.25, 0.3) is 35.4 Å². The summed E-state index contributed by atoms with van der Waals surface area (Å²) in [5.74, 6) is 0.937. The van der Waals surface area contributed by atoms with Crippen molar-refractivity contribution in [1.29, 1.82) is 0 Å². The number of imide groups is 1. The van der Waals surface area contributed by atoms with Gasteiger partial charge in [-0.2, -0.15) is 0 Å². The van der Waals surface area contributed by atoms with E-state index in [0.717, 1.165) is 36.8 Å². The molecule has 5 fully saturated rings. The van der Waals surface area contributed by atoms with Gasteiger partial charge in [-0.3, -0.25) is 53.5 Å². The zero-order valence-electron chi connectivity index (χ0n) is 66.4. The van der Waals surface area contributed by atoms with Crippen LogP contribution in [0.5, 0.6) is 57.5 Å². The minimum Gasteiger partial charge on any atom is -0.494 e. The minimum atomic E-state index is -0.896. The number of rotatable bonds is 27. The molecule has 0 aliphatic carbocycles. The van der Waals surface area contributed by atoms with Crippen LogP contribution in [0.15, 0.2) is 151 Å². The number of ether oxygens (including phenoxy) is 10. The Morgan fingerprint density at radius 3 is 0.932 bits per heavy atom. The Balaban J connectivity index is 0.000000194. The van der Waals surface area contributed by atoms with E-state index in [1.165, 1.54) is 50.7 Å². The number of benzene rings is 6. The molecule has 9 aliphatic rings. The Morgan fingerprint density at radius 1 is 0.385 bits per heavy atom. The maximum Gasteiger partial charge on any atom is 0.333 e. The molecule has 9 aliphatic heterocycles. The van der Waals surface area contributed by atoms with Crippen LogP contribution in [0.2, 0.25) is 0 Å². The van der Waals surface area contributed by atoms with Crippen LogP contribution in [0.3, 0.4) is 0 Å². The second kappa shape index (κ2) is 35.8. The fraction of sp³-hybridized carbons (Fsp3) is 0.364. The first-order valence-corrected chi connectivity index (χ1v) is 38.9. The van der Waals surface area contributed by atoms with E-state index in [9.17, 15) is 38.4 Å². The van der Waals surface area contributed by atoms with E-state index < -0.39 is 23.8 Å². The van der Waals surface area contributed by atoms with Crippen molar-refractivity contribution < 1.29 is 95.7 Å². The summed E-state index contributed by atoms with van der Waals surface area (Å²) in [6, 6.07) is 24.1. The molecule has 0 bridgehead atoms. The molecule has 4 atom stereocenters. The van der Waals surface area contributed by atoms with Crippen LogP contribution < -0.4 is 47.4 Å². The van der Waals surface area contributed by atoms with Crippen molar-refractivity contribution in [3.63, 3.8) is 0 Å². The average Bonchev–Trinajstić information content (AvgIpc) is 1.65. The number of nitrogens with zero attached hydrogens (tertiary/aromatic N) is 9. The molecule has 9 heterocycles. The lowest BCUT2D eigenvalue weighted by molar-refractivity contribution is -0.197. The molecule has 0 unspecified atom stereocenters. The van der Waals surface area contributed by atoms with Gasteiger partial charge in [-0.05, 0) is 149 Å². The predicted octanol–water partition coefficient (Wildman–Crippen LogP) is 13.2. The number of methoxy groups -OCH3 is 4. The van der Waals surface area contributed by atoms with Crippen molar-refractivity contribution in [3.8, 4) is 57.5 Å². The van der Waals surface area contributed by atoms with Gasteiger partial charge in [0.1, 0.15) is 37.9 Å². The topological polar surface area (TPSA) is 324 Å². The fourth-order valence-corrected chi connectivity index (χ4v) is 15.3. The number of hydroxylamine groups is 2. The van der Waals surface area contributed by atoms with Gasteiger partial charge in [0.2, 0.25) is 0 Å². The van der Waals surface area contributed by atoms with Crippen molar-refractivity contribution in [1.82, 2.24) is 24.7 Å². The monoisotopic (exact) mass is 1590 g/mol. The maximum absolute atomic E-state index is 13.6. The first-order valence-electron chi connectivity index (χ1n) is 38.9. The molecule has 6 amide bonds. The third-order valence-electron chi connectivity index (χ3n) is 21.7. The van der Waals surface area contributed by atoms with Crippen molar-refractivity contribution in [2.24, 2.45) is 20.0 Å². The Labute approximate surface area is 676 Å². The third-order valence-corrected chi connectivity index (χ3v) is 21.7. The van der Waals surface area contributed by atoms with E-state index in [1.54, 1.807) is 73.1 Å². The smallest absolute Gasteiger partial charge is 0.333 e. The number of allylic oxidation sites excluding steroid dienone is 4. The summed E-state index contributed by atoms with van der Waals surface area (Å²) < 4.78 is 60.1. The molecule has 1 N–H and O–H groups in total. The van der Waals surface area contributed by atoms with Crippen LogP contribution >= 0.6 is 0 Å². The molecule has 29 nitrogen and oxygen atoms in total. The molecular formula is C88H91N9O20. The normalized spacial score (nSPS) is 20.0. The first kappa shape index (κ1) is 80.5. The molecule has 5 saturated heterocycles. The number of carbonyl (C=O) groups excluding carboxylic acids is 7. The molecule has 15 rings (SSSR count). The number of carboxylic acid groups (broad SMARTS) is 1. The standard InChI is InChI=1S/C46H47N5O11.C42H44N4O9/c1-5-27-13-31-21-47-36-19-40(38(57-3)17-34(36)45(55)49(31)23-27)60-25-29-12-30(16-33(15-29)59-11-7-8-44(54)62-51-42(52)9-10-43(51)53)26-61-41-20-37-35(18-39(41)58-4)46(56)50-24-28(6-2)14-32(50)22-48-37;1-5-25-11-29-19-43-34-17-38(36(51-3)15-32(34)41(49)45(29)21-25)54-23-27-10-28(14-31(13-27)53-9-7-8-40(47)48)24-55-39-18-35-33(16-37(39)52-4)42(50)46-22-26(6-2)12-30(46)20-44-35/h5-6,12,15-22,31-32H,7-11,13-14,23-26H2,1-4H3;5-6,10,13-20,29-30H,7-9,11-12,21-24H2,1-4H3,(H,47,48)/b27-5+,28-6+;25-5+,26-6+/t31-,32-;29-,30-/m00/s1. The molecule has 6 aromatic carbocycles. The lowest BCUT2D eigenvalue weighted by Gasteiger charge is -2.20. The van der Waals surface area contributed by atoms with Gasteiger partial charge < -0.3 is 76.9 Å². The van der Waals surface area contributed by atoms with Crippen LogP contribution in [0.4, 0.5) is 22.7 Å². The quantitative estimate of drug-likeness (QED) is 0.0284.